The first-order valence-corrected chi connectivity index (χ1v) is 14.3. The van der Waals surface area contributed by atoms with Gasteiger partial charge in [-0.1, -0.05) is 51.9 Å². The van der Waals surface area contributed by atoms with E-state index < -0.39 is 11.9 Å². The zero-order valence-corrected chi connectivity index (χ0v) is 24.4. The van der Waals surface area contributed by atoms with Gasteiger partial charge < -0.3 is 24.0 Å². The van der Waals surface area contributed by atoms with Crippen LogP contribution in [0.5, 0.6) is 5.75 Å². The lowest BCUT2D eigenvalue weighted by atomic mass is 10.1. The lowest BCUT2D eigenvalue weighted by Crippen LogP contribution is -2.05. The van der Waals surface area contributed by atoms with Crippen molar-refractivity contribution in [3.05, 3.63) is 72.4 Å². The monoisotopic (exact) mass is 586 g/mol. The molecule has 11 heteroatoms. The molecule has 228 valence electrons. The van der Waals surface area contributed by atoms with Gasteiger partial charge in [-0.3, -0.25) is 4.68 Å². The van der Waals surface area contributed by atoms with Gasteiger partial charge in [-0.05, 0) is 42.8 Å². The second-order valence-corrected chi connectivity index (χ2v) is 10.0. The molecule has 0 fully saturated rings. The highest BCUT2D eigenvalue weighted by molar-refractivity contribution is 5.92. The number of oxazole rings is 1. The summed E-state index contributed by atoms with van der Waals surface area (Å²) in [5.74, 6) is -2.97. The number of furan rings is 1. The Bertz CT molecular complexity index is 1340. The van der Waals surface area contributed by atoms with Crippen LogP contribution in [0.4, 0.5) is 14.5 Å². The molecule has 0 aliphatic rings. The number of carboxylic acids is 1. The normalized spacial score (nSPS) is 11.2. The maximum atomic E-state index is 13.2. The number of alkyl halides is 2. The average molecular weight is 587 g/mol. The lowest BCUT2D eigenvalue weighted by Gasteiger charge is -2.05. The van der Waals surface area contributed by atoms with Crippen LogP contribution >= 0.6 is 0 Å². The molecule has 0 atom stereocenters. The van der Waals surface area contributed by atoms with Gasteiger partial charge in [-0.2, -0.15) is 13.9 Å². The Balaban J connectivity index is 0.000000258. The Hall–Kier alpha value is -4.15. The summed E-state index contributed by atoms with van der Waals surface area (Å²) in [6, 6.07) is 9.77. The van der Waals surface area contributed by atoms with Crippen LogP contribution in [0, 0.1) is 0 Å². The largest absolute Gasteiger partial charge is 0.497 e. The molecule has 3 aromatic heterocycles. The summed E-state index contributed by atoms with van der Waals surface area (Å²) >= 11 is 0. The maximum Gasteiger partial charge on any atom is 0.358 e. The number of unbranched alkanes of at least 4 members (excludes halogenated alkanes) is 7. The highest BCUT2D eigenvalue weighted by atomic mass is 19.3. The van der Waals surface area contributed by atoms with Crippen molar-refractivity contribution in [2.24, 2.45) is 0 Å². The molecule has 0 radical (unpaired) electrons. The summed E-state index contributed by atoms with van der Waals surface area (Å²) in [4.78, 5) is 14.5. The molecule has 0 aliphatic carbocycles. The fourth-order valence-corrected chi connectivity index (χ4v) is 4.24. The Morgan fingerprint density at radius 3 is 2.36 bits per heavy atom. The summed E-state index contributed by atoms with van der Waals surface area (Å²) in [6.07, 6.45) is 15.1. The second-order valence-electron chi connectivity index (χ2n) is 10.0. The molecule has 9 nitrogen and oxygen atoms in total. The first-order chi connectivity index (χ1) is 20.2. The van der Waals surface area contributed by atoms with E-state index in [9.17, 15) is 13.6 Å². The van der Waals surface area contributed by atoms with E-state index >= 15 is 0 Å². The molecule has 0 unspecified atom stereocenters. The molecule has 42 heavy (non-hydrogen) atoms. The fourth-order valence-electron chi connectivity index (χ4n) is 4.24. The van der Waals surface area contributed by atoms with Crippen molar-refractivity contribution in [2.45, 2.75) is 77.7 Å². The summed E-state index contributed by atoms with van der Waals surface area (Å²) in [6.45, 7) is 4.34. The van der Waals surface area contributed by atoms with Crippen molar-refractivity contribution >= 4 is 11.7 Å². The van der Waals surface area contributed by atoms with E-state index in [1.54, 1.807) is 48.3 Å². The first kappa shape index (κ1) is 32.4. The van der Waals surface area contributed by atoms with E-state index in [0.717, 1.165) is 32.0 Å². The van der Waals surface area contributed by atoms with Crippen LogP contribution in [0.2, 0.25) is 0 Å². The topological polar surface area (TPSA) is 116 Å². The number of ether oxygens (including phenoxy) is 1. The number of aromatic carboxylic acids is 1. The van der Waals surface area contributed by atoms with E-state index in [4.69, 9.17) is 18.7 Å². The number of rotatable bonds is 16. The third-order valence-corrected chi connectivity index (χ3v) is 6.53. The highest BCUT2D eigenvalue weighted by Gasteiger charge is 2.28. The van der Waals surface area contributed by atoms with Crippen LogP contribution in [-0.4, -0.2) is 39.5 Å². The molecule has 3 heterocycles. The van der Waals surface area contributed by atoms with Gasteiger partial charge in [0, 0.05) is 25.2 Å². The van der Waals surface area contributed by atoms with Gasteiger partial charge in [0.05, 0.1) is 25.5 Å². The van der Waals surface area contributed by atoms with E-state index in [-0.39, 0.29) is 17.2 Å². The average Bonchev–Trinajstić information content (AvgIpc) is 3.74. The van der Waals surface area contributed by atoms with Gasteiger partial charge in [0.1, 0.15) is 11.5 Å². The summed E-state index contributed by atoms with van der Waals surface area (Å²) < 4.78 is 43.3. The van der Waals surface area contributed by atoms with Gasteiger partial charge in [0.2, 0.25) is 0 Å². The van der Waals surface area contributed by atoms with E-state index in [2.05, 4.69) is 22.3 Å². The van der Waals surface area contributed by atoms with Crippen LogP contribution in [0.25, 0.3) is 11.3 Å². The third-order valence-electron chi connectivity index (χ3n) is 6.53. The number of nitrogens with one attached hydrogen (secondary N) is 1. The molecule has 0 amide bonds. The van der Waals surface area contributed by atoms with Crippen molar-refractivity contribution in [2.75, 3.05) is 19.0 Å². The van der Waals surface area contributed by atoms with Crippen LogP contribution in [0.15, 0.2) is 64.0 Å². The molecular formula is C31H40F2N4O5. The zero-order chi connectivity index (χ0) is 30.4. The Morgan fingerprint density at radius 1 is 1.05 bits per heavy atom. The number of carbonyl (C=O) groups is 1. The van der Waals surface area contributed by atoms with Gasteiger partial charge in [0.15, 0.2) is 23.6 Å². The number of aromatic nitrogens is 3. The summed E-state index contributed by atoms with van der Waals surface area (Å²) in [5.41, 5.74) is 1.50. The zero-order valence-electron chi connectivity index (χ0n) is 24.4. The highest BCUT2D eigenvalue weighted by Crippen LogP contribution is 2.29. The number of hydrogen-bond acceptors (Lipinski definition) is 7. The molecule has 4 aromatic rings. The fraction of sp³-hybridized carbons (Fsp3) is 0.452. The molecule has 2 N–H and O–H groups in total. The minimum Gasteiger partial charge on any atom is -0.497 e. The third kappa shape index (κ3) is 10.4. The van der Waals surface area contributed by atoms with Crippen molar-refractivity contribution in [1.29, 1.82) is 0 Å². The minimum atomic E-state index is -2.95. The van der Waals surface area contributed by atoms with Crippen molar-refractivity contribution < 1.29 is 32.3 Å². The number of methoxy groups -OCH3 is 1. The van der Waals surface area contributed by atoms with Gasteiger partial charge in [0.25, 0.3) is 0 Å². The number of anilines is 1. The first-order valence-electron chi connectivity index (χ1n) is 14.3. The molecule has 0 saturated heterocycles. The van der Waals surface area contributed by atoms with Gasteiger partial charge in [-0.25, -0.2) is 9.78 Å². The molecular weight excluding hydrogens is 546 g/mol. The molecule has 0 bridgehead atoms. The maximum absolute atomic E-state index is 13.2. The number of halogens is 2. The number of nitrogens with zero attached hydrogens (tertiary/aromatic N) is 3. The second kappa shape index (κ2) is 16.3. The molecule has 4 rings (SSSR count). The molecule has 1 aromatic carbocycles. The Kier molecular flexibility index (Phi) is 12.6. The lowest BCUT2D eigenvalue weighted by molar-refractivity contribution is -0.00637. The van der Waals surface area contributed by atoms with Crippen molar-refractivity contribution in [3.8, 4) is 17.1 Å². The van der Waals surface area contributed by atoms with Crippen LogP contribution in [0.1, 0.15) is 87.2 Å². The molecule has 0 aliphatic heterocycles. The number of benzene rings is 1. The van der Waals surface area contributed by atoms with Crippen molar-refractivity contribution in [1.82, 2.24) is 14.8 Å². The molecule has 0 spiro atoms. The Labute approximate surface area is 244 Å². The van der Waals surface area contributed by atoms with Crippen LogP contribution in [-0.2, 0) is 12.5 Å². The van der Waals surface area contributed by atoms with Gasteiger partial charge in [-0.15, -0.1) is 0 Å². The summed E-state index contributed by atoms with van der Waals surface area (Å²) in [7, 11) is 1.56. The van der Waals surface area contributed by atoms with E-state index in [1.165, 1.54) is 51.0 Å². The summed E-state index contributed by atoms with van der Waals surface area (Å²) in [5, 5.41) is 16.5. The predicted octanol–water partition coefficient (Wildman–Crippen LogP) is 8.24. The smallest absolute Gasteiger partial charge is 0.358 e. The minimum absolute atomic E-state index is 0.0924. The molecule has 0 saturated carbocycles. The van der Waals surface area contributed by atoms with Crippen molar-refractivity contribution in [3.63, 3.8) is 0 Å². The van der Waals surface area contributed by atoms with Crippen LogP contribution in [0.3, 0.4) is 0 Å². The van der Waals surface area contributed by atoms with E-state index in [1.807, 2.05) is 6.20 Å². The van der Waals surface area contributed by atoms with E-state index in [0.29, 0.717) is 23.6 Å². The van der Waals surface area contributed by atoms with Crippen LogP contribution < -0.4 is 10.1 Å². The van der Waals surface area contributed by atoms with Gasteiger partial charge >= 0.3 is 11.9 Å². The Morgan fingerprint density at radius 2 is 1.74 bits per heavy atom. The standard InChI is InChI=1S/C20H31F2N3O.C11H9NO4/c1-3-4-5-6-7-8-9-10-13-23-17-14-24-25(15-17)16-18-11-12-19(26-18)20(2,21)22;1-15-8-4-2-7(3-5-8)10-9(11(13)14)12-6-16-10/h11-12,14-15,23H,3-10,13,16H2,1-2H3;2-6H,1H3,(H,13,14). The predicted molar refractivity (Wildman–Crippen MR) is 156 cm³/mol. The quantitative estimate of drug-likeness (QED) is 0.126. The number of carboxylic acid groups (broad SMARTS) is 1. The number of hydrogen-bond donors (Lipinski definition) is 2. The SMILES string of the molecule is CCCCCCCCCCNc1cnn(Cc2ccc(C(C)(F)F)o2)c1.COc1ccc(-c2ocnc2C(=O)O)cc1.